The Morgan fingerprint density at radius 2 is 1.64 bits per heavy atom. The van der Waals surface area contributed by atoms with Crippen molar-refractivity contribution in [2.45, 2.75) is 31.7 Å². The first-order chi connectivity index (χ1) is 12.0. The summed E-state index contributed by atoms with van der Waals surface area (Å²) >= 11 is 0. The zero-order valence-corrected chi connectivity index (χ0v) is 14.3. The lowest BCUT2D eigenvalue weighted by Crippen LogP contribution is -2.36. The van der Waals surface area contributed by atoms with Gasteiger partial charge in [-0.1, -0.05) is 12.8 Å². The summed E-state index contributed by atoms with van der Waals surface area (Å²) in [7, 11) is 3.17. The van der Waals surface area contributed by atoms with Crippen LogP contribution < -0.4 is 11.2 Å². The van der Waals surface area contributed by atoms with Crippen molar-refractivity contribution in [1.29, 1.82) is 0 Å². The van der Waals surface area contributed by atoms with E-state index in [0.717, 1.165) is 41.5 Å². The molecule has 5 nitrogen and oxygen atoms in total. The van der Waals surface area contributed by atoms with Gasteiger partial charge in [-0.2, -0.15) is 0 Å². The number of benzene rings is 1. The van der Waals surface area contributed by atoms with Crippen molar-refractivity contribution in [2.24, 2.45) is 14.1 Å². The maximum Gasteiger partial charge on any atom is 0.330 e. The van der Waals surface area contributed by atoms with Gasteiger partial charge in [-0.15, -0.1) is 0 Å². The second kappa shape index (κ2) is 5.72. The van der Waals surface area contributed by atoms with Crippen LogP contribution in [0.25, 0.3) is 22.2 Å². The van der Waals surface area contributed by atoms with E-state index in [1.807, 2.05) is 6.20 Å². The Morgan fingerprint density at radius 3 is 2.28 bits per heavy atom. The normalized spacial score (nSPS) is 15.3. The topological polar surface area (TPSA) is 48.9 Å². The molecule has 0 saturated heterocycles. The summed E-state index contributed by atoms with van der Waals surface area (Å²) in [6.45, 7) is 0. The number of fused-ring (bicyclic) bond motifs is 1. The Balaban J connectivity index is 2.13. The van der Waals surface area contributed by atoms with Gasteiger partial charge in [-0.3, -0.25) is 13.9 Å². The van der Waals surface area contributed by atoms with Crippen molar-refractivity contribution in [1.82, 2.24) is 13.7 Å². The number of aryl methyl sites for hydroxylation is 1. The molecule has 2 heterocycles. The maximum absolute atomic E-state index is 13.4. The highest BCUT2D eigenvalue weighted by molar-refractivity contribution is 5.93. The van der Waals surface area contributed by atoms with Gasteiger partial charge in [0.15, 0.2) is 0 Å². The minimum atomic E-state index is -0.341. The fourth-order valence-corrected chi connectivity index (χ4v) is 3.93. The molecule has 1 saturated carbocycles. The van der Waals surface area contributed by atoms with E-state index < -0.39 is 0 Å². The van der Waals surface area contributed by atoms with Gasteiger partial charge >= 0.3 is 5.69 Å². The van der Waals surface area contributed by atoms with Crippen LogP contribution in [0.3, 0.4) is 0 Å². The quantitative estimate of drug-likeness (QED) is 0.719. The first kappa shape index (κ1) is 15.9. The van der Waals surface area contributed by atoms with E-state index >= 15 is 0 Å². The third kappa shape index (κ3) is 2.35. The number of hydrogen-bond acceptors (Lipinski definition) is 2. The molecular formula is C19H20FN3O2. The van der Waals surface area contributed by atoms with Crippen molar-refractivity contribution in [2.75, 3.05) is 0 Å². The minimum absolute atomic E-state index is 0.298. The molecule has 0 unspecified atom stereocenters. The minimum Gasteiger partial charge on any atom is -0.342 e. The number of rotatable bonds is 2. The van der Waals surface area contributed by atoms with Crippen LogP contribution in [-0.4, -0.2) is 13.7 Å². The molecule has 130 valence electrons. The third-order valence-corrected chi connectivity index (χ3v) is 5.30. The molecule has 0 bridgehead atoms. The van der Waals surface area contributed by atoms with Crippen molar-refractivity contribution in [3.05, 3.63) is 57.1 Å². The monoisotopic (exact) mass is 341 g/mol. The van der Waals surface area contributed by atoms with Crippen LogP contribution in [0.1, 0.15) is 31.7 Å². The fourth-order valence-electron chi connectivity index (χ4n) is 3.93. The summed E-state index contributed by atoms with van der Waals surface area (Å²) in [5.41, 5.74) is 1.54. The van der Waals surface area contributed by atoms with E-state index in [2.05, 4.69) is 4.57 Å². The van der Waals surface area contributed by atoms with Crippen LogP contribution in [0.5, 0.6) is 0 Å². The van der Waals surface area contributed by atoms with Gasteiger partial charge in [0, 0.05) is 26.3 Å². The highest BCUT2D eigenvalue weighted by Crippen LogP contribution is 2.37. The third-order valence-electron chi connectivity index (χ3n) is 5.30. The molecule has 2 aromatic heterocycles. The van der Waals surface area contributed by atoms with Crippen molar-refractivity contribution in [3.8, 4) is 11.3 Å². The summed E-state index contributed by atoms with van der Waals surface area (Å²) in [4.78, 5) is 25.1. The molecule has 1 aromatic carbocycles. The Hall–Kier alpha value is -2.63. The standard InChI is InChI=1S/C19H20FN3O2/c1-21-15-11-23(14-5-3-4-6-14)17(12-7-9-13(20)10-8-12)16(15)18(24)22(2)19(21)25/h7-11,14H,3-6H2,1-2H3. The predicted octanol–water partition coefficient (Wildman–Crippen LogP) is 2.96. The number of hydrogen-bond donors (Lipinski definition) is 0. The van der Waals surface area contributed by atoms with Crippen molar-refractivity contribution >= 4 is 10.9 Å². The molecule has 1 aliphatic carbocycles. The second-order valence-electron chi connectivity index (χ2n) is 6.80. The van der Waals surface area contributed by atoms with Crippen LogP contribution in [0.2, 0.25) is 0 Å². The van der Waals surface area contributed by atoms with Crippen LogP contribution >= 0.6 is 0 Å². The first-order valence-electron chi connectivity index (χ1n) is 8.55. The summed E-state index contributed by atoms with van der Waals surface area (Å²) in [5, 5.41) is 0.517. The molecule has 6 heteroatoms. The average Bonchev–Trinajstić information content (AvgIpc) is 3.26. The maximum atomic E-state index is 13.4. The molecule has 0 atom stereocenters. The van der Waals surface area contributed by atoms with Crippen LogP contribution in [0.15, 0.2) is 40.1 Å². The SMILES string of the molecule is Cn1c(=O)c2c(-c3ccc(F)cc3)n(C3CCCC3)cc2n(C)c1=O. The highest BCUT2D eigenvalue weighted by Gasteiger charge is 2.25. The lowest BCUT2D eigenvalue weighted by molar-refractivity contribution is 0.526. The van der Waals surface area contributed by atoms with Crippen molar-refractivity contribution in [3.63, 3.8) is 0 Å². The summed E-state index contributed by atoms with van der Waals surface area (Å²) in [6.07, 6.45) is 6.30. The lowest BCUT2D eigenvalue weighted by Gasteiger charge is -2.16. The largest absolute Gasteiger partial charge is 0.342 e. The van der Waals surface area contributed by atoms with Crippen molar-refractivity contribution < 1.29 is 4.39 Å². The Morgan fingerprint density at radius 1 is 1.00 bits per heavy atom. The van der Waals surface area contributed by atoms with Gasteiger partial charge < -0.3 is 4.57 Å². The number of nitrogens with zero attached hydrogens (tertiary/aromatic N) is 3. The van der Waals surface area contributed by atoms with Gasteiger partial charge in [0.05, 0.1) is 16.6 Å². The van der Waals surface area contributed by atoms with Gasteiger partial charge in [-0.05, 0) is 42.7 Å². The van der Waals surface area contributed by atoms with E-state index in [4.69, 9.17) is 0 Å². The molecule has 0 aliphatic heterocycles. The van der Waals surface area contributed by atoms with Gasteiger partial charge in [0.1, 0.15) is 5.82 Å². The van der Waals surface area contributed by atoms with E-state index in [1.165, 1.54) is 23.7 Å². The molecule has 0 spiro atoms. The summed E-state index contributed by atoms with van der Waals surface area (Å²) in [5.74, 6) is -0.313. The predicted molar refractivity (Wildman–Crippen MR) is 95.3 cm³/mol. The molecule has 4 rings (SSSR count). The Labute approximate surface area is 143 Å². The molecule has 0 amide bonds. The first-order valence-corrected chi connectivity index (χ1v) is 8.55. The zero-order chi connectivity index (χ0) is 17.7. The van der Waals surface area contributed by atoms with Crippen LogP contribution in [0, 0.1) is 5.82 Å². The zero-order valence-electron chi connectivity index (χ0n) is 14.3. The molecule has 0 radical (unpaired) electrons. The molecule has 0 N–H and O–H groups in total. The molecule has 3 aromatic rings. The van der Waals surface area contributed by atoms with Crippen LogP contribution in [0.4, 0.5) is 4.39 Å². The molecule has 1 fully saturated rings. The highest BCUT2D eigenvalue weighted by atomic mass is 19.1. The summed E-state index contributed by atoms with van der Waals surface area (Å²) in [6, 6.07) is 6.49. The fraction of sp³-hybridized carbons (Fsp3) is 0.368. The van der Waals surface area contributed by atoms with E-state index in [-0.39, 0.29) is 17.1 Å². The van der Waals surface area contributed by atoms with Crippen LogP contribution in [-0.2, 0) is 14.1 Å². The van der Waals surface area contributed by atoms with E-state index in [0.29, 0.717) is 16.9 Å². The van der Waals surface area contributed by atoms with Gasteiger partial charge in [-0.25, -0.2) is 9.18 Å². The summed E-state index contributed by atoms with van der Waals surface area (Å²) < 4.78 is 18.1. The second-order valence-corrected chi connectivity index (χ2v) is 6.80. The van der Waals surface area contributed by atoms with E-state index in [9.17, 15) is 14.0 Å². The number of aromatic nitrogens is 3. The smallest absolute Gasteiger partial charge is 0.330 e. The number of halogens is 1. The lowest BCUT2D eigenvalue weighted by atomic mass is 10.1. The molecular weight excluding hydrogens is 321 g/mol. The Bertz CT molecular complexity index is 1070. The van der Waals surface area contributed by atoms with Gasteiger partial charge in [0.25, 0.3) is 5.56 Å². The Kier molecular flexibility index (Phi) is 3.63. The van der Waals surface area contributed by atoms with E-state index in [1.54, 1.807) is 19.2 Å². The van der Waals surface area contributed by atoms with Gasteiger partial charge in [0.2, 0.25) is 0 Å². The molecule has 1 aliphatic rings. The average molecular weight is 341 g/mol. The molecule has 25 heavy (non-hydrogen) atoms.